The molecule has 0 heterocycles. The summed E-state index contributed by atoms with van der Waals surface area (Å²) in [5, 5.41) is 10.2. The van der Waals surface area contributed by atoms with E-state index in [4.69, 9.17) is 5.73 Å². The predicted molar refractivity (Wildman–Crippen MR) is 59.9 cm³/mol. The van der Waals surface area contributed by atoms with E-state index in [0.29, 0.717) is 11.8 Å². The monoisotopic (exact) mass is 197 g/mol. The van der Waals surface area contributed by atoms with Crippen LogP contribution in [0.25, 0.3) is 0 Å². The predicted octanol–water partition coefficient (Wildman–Crippen LogP) is 2.08. The second-order valence-electron chi connectivity index (χ2n) is 5.09. The quantitative estimate of drug-likeness (QED) is 0.584. The van der Waals surface area contributed by atoms with E-state index in [1.54, 1.807) is 6.92 Å². The van der Waals surface area contributed by atoms with Gasteiger partial charge in [-0.3, -0.25) is 0 Å². The molecular formula is C12H23NO. The lowest BCUT2D eigenvalue weighted by molar-refractivity contribution is 0.0466. The Morgan fingerprint density at radius 2 is 2.00 bits per heavy atom. The van der Waals surface area contributed by atoms with Crippen LogP contribution in [0.5, 0.6) is 0 Å². The smallest absolute Gasteiger partial charge is 0.0976 e. The highest BCUT2D eigenvalue weighted by molar-refractivity contribution is 5.16. The average Bonchev–Trinajstić information content (AvgIpc) is 2.11. The van der Waals surface area contributed by atoms with Gasteiger partial charge in [-0.1, -0.05) is 20.4 Å². The highest BCUT2D eigenvalue weighted by Crippen LogP contribution is 2.33. The van der Waals surface area contributed by atoms with E-state index >= 15 is 0 Å². The molecule has 14 heavy (non-hydrogen) atoms. The molecule has 1 aliphatic carbocycles. The summed E-state index contributed by atoms with van der Waals surface area (Å²) >= 11 is 0. The molecule has 0 spiro atoms. The molecule has 3 N–H and O–H groups in total. The van der Waals surface area contributed by atoms with Crippen LogP contribution in [-0.4, -0.2) is 16.7 Å². The Balaban J connectivity index is 2.80. The van der Waals surface area contributed by atoms with Gasteiger partial charge in [-0.25, -0.2) is 0 Å². The number of hydrogen-bond acceptors (Lipinski definition) is 2. The molecule has 1 rings (SSSR count). The molecule has 0 aromatic heterocycles. The standard InChI is InChI=1S/C12H23NO/c1-8-5-6-10(3)12(4,14)11(13)7-9(8)2/h8-9,11,14H,3,5-7,13H2,1-2,4H3/t8?,9?,11?,12-/m1/s1. The molecular weight excluding hydrogens is 174 g/mol. The zero-order valence-electron chi connectivity index (χ0n) is 9.59. The fraction of sp³-hybridized carbons (Fsp3) is 0.833. The van der Waals surface area contributed by atoms with Gasteiger partial charge in [0.1, 0.15) is 0 Å². The van der Waals surface area contributed by atoms with Gasteiger partial charge in [0, 0.05) is 6.04 Å². The Labute approximate surface area is 87.2 Å². The number of rotatable bonds is 0. The molecule has 0 bridgehead atoms. The first-order valence-electron chi connectivity index (χ1n) is 5.52. The van der Waals surface area contributed by atoms with Gasteiger partial charge in [0.15, 0.2) is 0 Å². The molecule has 1 saturated carbocycles. The largest absolute Gasteiger partial charge is 0.384 e. The van der Waals surface area contributed by atoms with Crippen molar-refractivity contribution in [3.8, 4) is 0 Å². The molecule has 0 aliphatic heterocycles. The van der Waals surface area contributed by atoms with Crippen LogP contribution >= 0.6 is 0 Å². The van der Waals surface area contributed by atoms with Gasteiger partial charge in [0.2, 0.25) is 0 Å². The van der Waals surface area contributed by atoms with Crippen LogP contribution in [0, 0.1) is 11.8 Å². The summed E-state index contributed by atoms with van der Waals surface area (Å²) < 4.78 is 0. The summed E-state index contributed by atoms with van der Waals surface area (Å²) in [5.74, 6) is 1.26. The lowest BCUT2D eigenvalue weighted by atomic mass is 9.74. The van der Waals surface area contributed by atoms with Crippen LogP contribution < -0.4 is 5.73 Å². The summed E-state index contributed by atoms with van der Waals surface area (Å²) in [4.78, 5) is 0. The van der Waals surface area contributed by atoms with Gasteiger partial charge in [-0.15, -0.1) is 0 Å². The van der Waals surface area contributed by atoms with E-state index in [1.807, 2.05) is 0 Å². The van der Waals surface area contributed by atoms with Crippen molar-refractivity contribution >= 4 is 0 Å². The summed E-state index contributed by atoms with van der Waals surface area (Å²) in [5.41, 5.74) is 6.03. The zero-order valence-corrected chi connectivity index (χ0v) is 9.59. The van der Waals surface area contributed by atoms with Crippen molar-refractivity contribution in [1.29, 1.82) is 0 Å². The number of nitrogens with two attached hydrogens (primary N) is 1. The van der Waals surface area contributed by atoms with Crippen molar-refractivity contribution in [2.45, 2.75) is 51.7 Å². The van der Waals surface area contributed by atoms with Crippen LogP contribution in [0.15, 0.2) is 12.2 Å². The topological polar surface area (TPSA) is 46.2 Å². The highest BCUT2D eigenvalue weighted by atomic mass is 16.3. The molecule has 2 nitrogen and oxygen atoms in total. The summed E-state index contributed by atoms with van der Waals surface area (Å²) in [7, 11) is 0. The lowest BCUT2D eigenvalue weighted by Gasteiger charge is -2.38. The second-order valence-corrected chi connectivity index (χ2v) is 5.09. The molecule has 0 radical (unpaired) electrons. The van der Waals surface area contributed by atoms with Gasteiger partial charge in [-0.05, 0) is 43.6 Å². The fourth-order valence-electron chi connectivity index (χ4n) is 2.06. The second kappa shape index (κ2) is 4.03. The average molecular weight is 197 g/mol. The molecule has 4 atom stereocenters. The minimum Gasteiger partial charge on any atom is -0.384 e. The molecule has 0 aromatic rings. The maximum absolute atomic E-state index is 10.2. The molecule has 0 amide bonds. The summed E-state index contributed by atoms with van der Waals surface area (Å²) in [6.07, 6.45) is 2.89. The van der Waals surface area contributed by atoms with E-state index < -0.39 is 5.60 Å². The Hall–Kier alpha value is -0.340. The zero-order chi connectivity index (χ0) is 10.9. The summed E-state index contributed by atoms with van der Waals surface area (Å²) in [6.45, 7) is 10.2. The van der Waals surface area contributed by atoms with Gasteiger partial charge in [-0.2, -0.15) is 0 Å². The minimum atomic E-state index is -0.881. The van der Waals surface area contributed by atoms with Crippen LogP contribution in [0.2, 0.25) is 0 Å². The third kappa shape index (κ3) is 2.18. The van der Waals surface area contributed by atoms with Gasteiger partial charge in [0.05, 0.1) is 5.60 Å². The van der Waals surface area contributed by atoms with E-state index in [1.165, 1.54) is 0 Å². The first kappa shape index (κ1) is 11.7. The third-order valence-corrected chi connectivity index (χ3v) is 3.94. The number of aliphatic hydroxyl groups is 1. The molecule has 0 aromatic carbocycles. The summed E-state index contributed by atoms with van der Waals surface area (Å²) in [6, 6.07) is -0.173. The van der Waals surface area contributed by atoms with Crippen LogP contribution in [-0.2, 0) is 0 Å². The number of hydrogen-bond donors (Lipinski definition) is 2. The minimum absolute atomic E-state index is 0.173. The molecule has 82 valence electrons. The van der Waals surface area contributed by atoms with Gasteiger partial charge in [0.25, 0.3) is 0 Å². The van der Waals surface area contributed by atoms with Crippen molar-refractivity contribution in [2.24, 2.45) is 17.6 Å². The first-order chi connectivity index (χ1) is 6.35. The van der Waals surface area contributed by atoms with Crippen molar-refractivity contribution in [2.75, 3.05) is 0 Å². The van der Waals surface area contributed by atoms with Crippen LogP contribution in [0.4, 0.5) is 0 Å². The third-order valence-electron chi connectivity index (χ3n) is 3.94. The lowest BCUT2D eigenvalue weighted by Crippen LogP contribution is -2.49. The van der Waals surface area contributed by atoms with E-state index in [2.05, 4.69) is 20.4 Å². The van der Waals surface area contributed by atoms with Crippen LogP contribution in [0.1, 0.15) is 40.0 Å². The van der Waals surface area contributed by atoms with Gasteiger partial charge < -0.3 is 10.8 Å². The molecule has 1 aliphatic rings. The molecule has 1 fully saturated rings. The van der Waals surface area contributed by atoms with Crippen molar-refractivity contribution in [3.05, 3.63) is 12.2 Å². The van der Waals surface area contributed by atoms with E-state index in [0.717, 1.165) is 24.8 Å². The molecule has 2 heteroatoms. The molecule has 0 saturated heterocycles. The fourth-order valence-corrected chi connectivity index (χ4v) is 2.06. The Morgan fingerprint density at radius 1 is 1.43 bits per heavy atom. The Morgan fingerprint density at radius 3 is 2.57 bits per heavy atom. The van der Waals surface area contributed by atoms with Crippen molar-refractivity contribution in [1.82, 2.24) is 0 Å². The van der Waals surface area contributed by atoms with E-state index in [9.17, 15) is 5.11 Å². The maximum atomic E-state index is 10.2. The van der Waals surface area contributed by atoms with Crippen molar-refractivity contribution < 1.29 is 5.11 Å². The Kier molecular flexibility index (Phi) is 3.38. The van der Waals surface area contributed by atoms with Gasteiger partial charge >= 0.3 is 0 Å². The first-order valence-corrected chi connectivity index (χ1v) is 5.52. The highest BCUT2D eigenvalue weighted by Gasteiger charge is 2.35. The Bertz CT molecular complexity index is 222. The molecule has 3 unspecified atom stereocenters. The van der Waals surface area contributed by atoms with E-state index in [-0.39, 0.29) is 6.04 Å². The van der Waals surface area contributed by atoms with Crippen molar-refractivity contribution in [3.63, 3.8) is 0 Å². The van der Waals surface area contributed by atoms with Crippen LogP contribution in [0.3, 0.4) is 0 Å². The SMILES string of the molecule is C=C1CCC(C)C(C)CC(N)[C@]1(C)O. The maximum Gasteiger partial charge on any atom is 0.0976 e. The normalized spacial score (nSPS) is 45.8.